The van der Waals surface area contributed by atoms with Crippen molar-refractivity contribution in [3.63, 3.8) is 0 Å². The first kappa shape index (κ1) is 14.6. The lowest BCUT2D eigenvalue weighted by atomic mass is 10.2. The minimum absolute atomic E-state index is 0.743. The Morgan fingerprint density at radius 3 is 2.55 bits per heavy atom. The average Bonchev–Trinajstić information content (AvgIpc) is 2.91. The van der Waals surface area contributed by atoms with Gasteiger partial charge in [0.05, 0.1) is 5.69 Å². The summed E-state index contributed by atoms with van der Waals surface area (Å²) in [4.78, 5) is 4.56. The topological polar surface area (TPSA) is 17.3 Å². The van der Waals surface area contributed by atoms with Gasteiger partial charge in [0.25, 0.3) is 0 Å². The lowest BCUT2D eigenvalue weighted by molar-refractivity contribution is 1.02. The van der Waals surface area contributed by atoms with Crippen LogP contribution in [0.3, 0.4) is 0 Å². The average molecular weight is 309 g/mol. The smallest absolute Gasteiger partial charge is 0.0673 e. The number of rotatable bonds is 3. The Morgan fingerprint density at radius 1 is 1.00 bits per heavy atom. The van der Waals surface area contributed by atoms with E-state index in [-0.39, 0.29) is 0 Å². The Morgan fingerprint density at radius 2 is 1.77 bits per heavy atom. The van der Waals surface area contributed by atoms with Crippen LogP contribution in [-0.2, 0) is 0 Å². The van der Waals surface area contributed by atoms with Crippen molar-refractivity contribution in [2.75, 3.05) is 0 Å². The van der Waals surface area contributed by atoms with E-state index in [0.717, 1.165) is 27.5 Å². The summed E-state index contributed by atoms with van der Waals surface area (Å²) < 4.78 is 2.16. The third kappa shape index (κ3) is 2.97. The summed E-state index contributed by atoms with van der Waals surface area (Å²) in [6.07, 6.45) is 3.97. The highest BCUT2D eigenvalue weighted by atomic mass is 35.5. The van der Waals surface area contributed by atoms with Gasteiger partial charge in [-0.05, 0) is 49.7 Å². The third-order valence-electron chi connectivity index (χ3n) is 3.66. The molecule has 22 heavy (non-hydrogen) atoms. The molecule has 0 spiro atoms. The summed E-state index contributed by atoms with van der Waals surface area (Å²) in [5.74, 6) is 0. The largest absolute Gasteiger partial charge is 0.321 e. The maximum atomic E-state index is 6.13. The van der Waals surface area contributed by atoms with E-state index in [1.807, 2.05) is 49.5 Å². The van der Waals surface area contributed by atoms with Crippen LogP contribution in [0.25, 0.3) is 5.69 Å². The highest BCUT2D eigenvalue weighted by Crippen LogP contribution is 2.25. The summed E-state index contributed by atoms with van der Waals surface area (Å²) in [7, 11) is 0. The molecule has 0 amide bonds. The molecule has 3 rings (SSSR count). The zero-order chi connectivity index (χ0) is 15.5. The van der Waals surface area contributed by atoms with E-state index in [4.69, 9.17) is 11.6 Å². The van der Waals surface area contributed by atoms with E-state index in [0.29, 0.717) is 0 Å². The highest BCUT2D eigenvalue weighted by molar-refractivity contribution is 6.31. The Balaban J connectivity index is 1.91. The molecule has 3 aromatic rings. The van der Waals surface area contributed by atoms with Gasteiger partial charge in [0.1, 0.15) is 0 Å². The van der Waals surface area contributed by atoms with E-state index >= 15 is 0 Å². The number of para-hydroxylation sites is 1. The molecule has 0 aliphatic carbocycles. The fourth-order valence-corrected chi connectivity index (χ4v) is 2.59. The van der Waals surface area contributed by atoms with Crippen LogP contribution in [0, 0.1) is 13.8 Å². The van der Waals surface area contributed by atoms with Crippen LogP contribution < -0.4 is 0 Å². The lowest BCUT2D eigenvalue weighted by Crippen LogP contribution is -1.93. The van der Waals surface area contributed by atoms with Crippen molar-refractivity contribution in [1.82, 2.24) is 4.57 Å². The molecule has 3 heteroatoms. The van der Waals surface area contributed by atoms with Gasteiger partial charge in [-0.2, -0.15) is 0 Å². The van der Waals surface area contributed by atoms with Crippen LogP contribution in [0.2, 0.25) is 5.02 Å². The molecule has 0 N–H and O–H groups in total. The van der Waals surface area contributed by atoms with Gasteiger partial charge in [0.15, 0.2) is 0 Å². The van der Waals surface area contributed by atoms with Crippen molar-refractivity contribution in [3.8, 4) is 5.69 Å². The first-order valence-corrected chi connectivity index (χ1v) is 7.56. The Hall–Kier alpha value is -2.32. The number of hydrogen-bond donors (Lipinski definition) is 0. The molecule has 110 valence electrons. The number of halogens is 1. The van der Waals surface area contributed by atoms with Crippen molar-refractivity contribution < 1.29 is 0 Å². The Bertz CT molecular complexity index is 817. The molecule has 2 nitrogen and oxygen atoms in total. The fourth-order valence-electron chi connectivity index (χ4n) is 2.42. The number of benzene rings is 2. The van der Waals surface area contributed by atoms with E-state index in [2.05, 4.69) is 40.9 Å². The van der Waals surface area contributed by atoms with Gasteiger partial charge in [-0.1, -0.05) is 35.9 Å². The third-order valence-corrected chi connectivity index (χ3v) is 4.07. The van der Waals surface area contributed by atoms with Gasteiger partial charge in [0, 0.05) is 34.4 Å². The number of nitrogens with zero attached hydrogens (tertiary/aromatic N) is 2. The summed E-state index contributed by atoms with van der Waals surface area (Å²) in [6, 6.07) is 18.2. The fraction of sp³-hybridized carbons (Fsp3) is 0.105. The molecule has 0 fully saturated rings. The zero-order valence-corrected chi connectivity index (χ0v) is 13.4. The number of hydrogen-bond acceptors (Lipinski definition) is 1. The van der Waals surface area contributed by atoms with Crippen LogP contribution in [0.1, 0.15) is 16.8 Å². The van der Waals surface area contributed by atoms with Gasteiger partial charge in [-0.25, -0.2) is 0 Å². The van der Waals surface area contributed by atoms with Crippen molar-refractivity contribution in [2.45, 2.75) is 13.8 Å². The number of aryl methyl sites for hydroxylation is 1. The van der Waals surface area contributed by atoms with Gasteiger partial charge in [-0.15, -0.1) is 0 Å². The summed E-state index contributed by atoms with van der Waals surface area (Å²) in [5, 5.41) is 0.743. The van der Waals surface area contributed by atoms with Crippen LogP contribution >= 0.6 is 11.6 Å². The van der Waals surface area contributed by atoms with Crippen LogP contribution in [0.5, 0.6) is 0 Å². The first-order chi connectivity index (χ1) is 10.6. The Kier molecular flexibility index (Phi) is 4.12. The predicted molar refractivity (Wildman–Crippen MR) is 93.9 cm³/mol. The van der Waals surface area contributed by atoms with Crippen LogP contribution in [0.15, 0.2) is 65.8 Å². The molecule has 1 heterocycles. The van der Waals surface area contributed by atoms with E-state index < -0.39 is 0 Å². The SMILES string of the molecule is Cc1c(Cl)cccc1N=Cc1cc(C)n(-c2ccccc2)c1. The van der Waals surface area contributed by atoms with Crippen molar-refractivity contribution in [3.05, 3.63) is 82.6 Å². The van der Waals surface area contributed by atoms with Gasteiger partial charge >= 0.3 is 0 Å². The molecule has 0 atom stereocenters. The maximum absolute atomic E-state index is 6.13. The number of aliphatic imine (C=N–C) groups is 1. The standard InChI is InChI=1S/C19H17ClN2/c1-14-11-16(13-22(14)17-7-4-3-5-8-17)12-21-19-10-6-9-18(20)15(19)2/h3-13H,1-2H3. The first-order valence-electron chi connectivity index (χ1n) is 7.19. The van der Waals surface area contributed by atoms with Crippen LogP contribution in [0.4, 0.5) is 5.69 Å². The second kappa shape index (κ2) is 6.20. The monoisotopic (exact) mass is 308 g/mol. The van der Waals surface area contributed by atoms with Crippen LogP contribution in [-0.4, -0.2) is 10.8 Å². The lowest BCUT2D eigenvalue weighted by Gasteiger charge is -2.04. The van der Waals surface area contributed by atoms with E-state index in [1.54, 1.807) is 0 Å². The van der Waals surface area contributed by atoms with Crippen molar-refractivity contribution >= 4 is 23.5 Å². The number of aromatic nitrogens is 1. The Labute approximate surface area is 135 Å². The minimum atomic E-state index is 0.743. The summed E-state index contributed by atoms with van der Waals surface area (Å²) >= 11 is 6.13. The summed E-state index contributed by atoms with van der Waals surface area (Å²) in [5.41, 5.74) is 5.30. The molecule has 0 saturated carbocycles. The van der Waals surface area contributed by atoms with Crippen molar-refractivity contribution in [1.29, 1.82) is 0 Å². The predicted octanol–water partition coefficient (Wildman–Crippen LogP) is 5.50. The zero-order valence-electron chi connectivity index (χ0n) is 12.6. The second-order valence-electron chi connectivity index (χ2n) is 5.26. The second-order valence-corrected chi connectivity index (χ2v) is 5.67. The van der Waals surface area contributed by atoms with Gasteiger partial charge in [0.2, 0.25) is 0 Å². The minimum Gasteiger partial charge on any atom is -0.321 e. The molecule has 0 unspecified atom stereocenters. The van der Waals surface area contributed by atoms with E-state index in [1.165, 1.54) is 5.69 Å². The molecule has 1 aromatic heterocycles. The molecule has 0 radical (unpaired) electrons. The molecule has 0 bridgehead atoms. The molecule has 2 aromatic carbocycles. The quantitative estimate of drug-likeness (QED) is 0.569. The van der Waals surface area contributed by atoms with Gasteiger partial charge in [-0.3, -0.25) is 4.99 Å². The maximum Gasteiger partial charge on any atom is 0.0673 e. The molecular formula is C19H17ClN2. The molecule has 0 saturated heterocycles. The molecule has 0 aliphatic rings. The molecular weight excluding hydrogens is 292 g/mol. The molecule has 0 aliphatic heterocycles. The van der Waals surface area contributed by atoms with Gasteiger partial charge < -0.3 is 4.57 Å². The highest BCUT2D eigenvalue weighted by Gasteiger charge is 2.03. The normalized spacial score (nSPS) is 11.2. The van der Waals surface area contributed by atoms with E-state index in [9.17, 15) is 0 Å². The van der Waals surface area contributed by atoms with Crippen molar-refractivity contribution in [2.24, 2.45) is 4.99 Å². The summed E-state index contributed by atoms with van der Waals surface area (Å²) in [6.45, 7) is 4.07.